The van der Waals surface area contributed by atoms with Gasteiger partial charge in [-0.15, -0.1) is 12.4 Å². The number of oxazole rings is 1. The molecule has 150 valence electrons. The lowest BCUT2D eigenvalue weighted by molar-refractivity contribution is 0.179. The Morgan fingerprint density at radius 2 is 1.96 bits per heavy atom. The molecular formula is C17H25ClN4O4S. The quantitative estimate of drug-likeness (QED) is 0.789. The summed E-state index contributed by atoms with van der Waals surface area (Å²) >= 11 is 0. The number of nitrogens with zero attached hydrogens (tertiary/aromatic N) is 3. The van der Waals surface area contributed by atoms with E-state index in [1.807, 2.05) is 6.92 Å². The maximum Gasteiger partial charge on any atom is 0.419 e. The van der Waals surface area contributed by atoms with Crippen molar-refractivity contribution in [3.63, 3.8) is 0 Å². The van der Waals surface area contributed by atoms with Crippen LogP contribution in [0, 0.1) is 0 Å². The minimum absolute atomic E-state index is 0. The number of nitrogens with one attached hydrogen (secondary N) is 1. The van der Waals surface area contributed by atoms with Gasteiger partial charge in [-0.1, -0.05) is 0 Å². The number of hydrogen-bond acceptors (Lipinski definition) is 6. The van der Waals surface area contributed by atoms with Gasteiger partial charge in [-0.2, -0.15) is 4.31 Å². The van der Waals surface area contributed by atoms with Crippen LogP contribution in [0.4, 0.5) is 0 Å². The van der Waals surface area contributed by atoms with E-state index >= 15 is 0 Å². The van der Waals surface area contributed by atoms with Gasteiger partial charge in [0.25, 0.3) is 0 Å². The minimum atomic E-state index is -3.59. The molecule has 2 aliphatic rings. The van der Waals surface area contributed by atoms with Gasteiger partial charge < -0.3 is 9.73 Å². The maximum absolute atomic E-state index is 13.0. The number of halogens is 1. The molecule has 27 heavy (non-hydrogen) atoms. The van der Waals surface area contributed by atoms with Gasteiger partial charge in [0, 0.05) is 57.9 Å². The van der Waals surface area contributed by atoms with Crippen molar-refractivity contribution in [1.82, 2.24) is 19.1 Å². The van der Waals surface area contributed by atoms with Gasteiger partial charge in [-0.25, -0.2) is 13.2 Å². The monoisotopic (exact) mass is 416 g/mol. The predicted octanol–water partition coefficient (Wildman–Crippen LogP) is 0.704. The lowest BCUT2D eigenvalue weighted by Crippen LogP contribution is -2.49. The fourth-order valence-corrected chi connectivity index (χ4v) is 5.44. The molecule has 0 spiro atoms. The second kappa shape index (κ2) is 7.92. The molecule has 2 aromatic rings. The normalized spacial score (nSPS) is 22.2. The van der Waals surface area contributed by atoms with E-state index in [-0.39, 0.29) is 23.3 Å². The van der Waals surface area contributed by atoms with Gasteiger partial charge in [0.15, 0.2) is 5.58 Å². The molecule has 3 heterocycles. The van der Waals surface area contributed by atoms with Crippen LogP contribution < -0.4 is 11.1 Å². The predicted molar refractivity (Wildman–Crippen MR) is 105 cm³/mol. The first-order valence-corrected chi connectivity index (χ1v) is 10.5. The highest BCUT2D eigenvalue weighted by Gasteiger charge is 2.35. The molecule has 10 heteroatoms. The highest BCUT2D eigenvalue weighted by molar-refractivity contribution is 7.89. The van der Waals surface area contributed by atoms with Crippen molar-refractivity contribution >= 4 is 33.5 Å². The molecule has 2 aliphatic heterocycles. The average molecular weight is 417 g/mol. The fourth-order valence-electron chi connectivity index (χ4n) is 3.93. The molecule has 1 aromatic carbocycles. The Morgan fingerprint density at radius 1 is 1.22 bits per heavy atom. The smallest absolute Gasteiger partial charge is 0.408 e. The summed E-state index contributed by atoms with van der Waals surface area (Å²) in [4.78, 5) is 14.4. The summed E-state index contributed by atoms with van der Waals surface area (Å²) in [6.45, 7) is 7.19. The number of sulfonamides is 1. The number of aryl methyl sites for hydroxylation is 1. The first kappa shape index (κ1) is 20.3. The van der Waals surface area contributed by atoms with Crippen LogP contribution in [0.15, 0.2) is 32.3 Å². The van der Waals surface area contributed by atoms with Crippen LogP contribution in [0.2, 0.25) is 0 Å². The van der Waals surface area contributed by atoms with Crippen molar-refractivity contribution in [2.45, 2.75) is 30.8 Å². The molecule has 1 unspecified atom stereocenters. The number of rotatable bonds is 4. The Bertz CT molecular complexity index is 965. The van der Waals surface area contributed by atoms with Crippen LogP contribution in [-0.2, 0) is 16.6 Å². The largest absolute Gasteiger partial charge is 0.419 e. The molecule has 0 amide bonds. The Hall–Kier alpha value is -1.39. The van der Waals surface area contributed by atoms with Gasteiger partial charge in [0.05, 0.1) is 10.4 Å². The zero-order valence-corrected chi connectivity index (χ0v) is 16.9. The molecule has 1 aromatic heterocycles. The summed E-state index contributed by atoms with van der Waals surface area (Å²) in [7, 11) is -3.59. The first-order chi connectivity index (χ1) is 12.5. The molecule has 1 N–H and O–H groups in total. The number of fused-ring (bicyclic) bond motifs is 1. The SMILES string of the molecule is CCn1c(=O)oc2cc(S(=O)(=O)N3CCC(N4CCNCC4)C3)ccc21.Cl. The van der Waals surface area contributed by atoms with E-state index in [4.69, 9.17) is 4.42 Å². The van der Waals surface area contributed by atoms with E-state index in [0.717, 1.165) is 32.6 Å². The average Bonchev–Trinajstić information content (AvgIpc) is 3.26. The molecule has 1 atom stereocenters. The fraction of sp³-hybridized carbons (Fsp3) is 0.588. The van der Waals surface area contributed by atoms with Crippen molar-refractivity contribution in [2.24, 2.45) is 0 Å². The Labute approximate surface area is 164 Å². The summed E-state index contributed by atoms with van der Waals surface area (Å²) in [5.74, 6) is -0.461. The van der Waals surface area contributed by atoms with Crippen LogP contribution >= 0.6 is 12.4 Å². The first-order valence-electron chi connectivity index (χ1n) is 9.09. The van der Waals surface area contributed by atoms with Crippen molar-refractivity contribution in [3.05, 3.63) is 28.7 Å². The van der Waals surface area contributed by atoms with Crippen molar-refractivity contribution < 1.29 is 12.8 Å². The zero-order valence-electron chi connectivity index (χ0n) is 15.3. The molecular weight excluding hydrogens is 392 g/mol. The third-order valence-electron chi connectivity index (χ3n) is 5.39. The lowest BCUT2D eigenvalue weighted by Gasteiger charge is -2.32. The maximum atomic E-state index is 13.0. The van der Waals surface area contributed by atoms with Crippen LogP contribution in [0.5, 0.6) is 0 Å². The highest BCUT2D eigenvalue weighted by Crippen LogP contribution is 2.26. The van der Waals surface area contributed by atoms with Gasteiger partial charge in [0.2, 0.25) is 10.0 Å². The van der Waals surface area contributed by atoms with E-state index in [1.165, 1.54) is 10.6 Å². The molecule has 0 radical (unpaired) electrons. The summed E-state index contributed by atoms with van der Waals surface area (Å²) in [6.07, 6.45) is 0.850. The number of benzene rings is 1. The highest BCUT2D eigenvalue weighted by atomic mass is 35.5. The molecule has 2 saturated heterocycles. The number of hydrogen-bond donors (Lipinski definition) is 1. The van der Waals surface area contributed by atoms with Crippen LogP contribution in [0.1, 0.15) is 13.3 Å². The Balaban J connectivity index is 0.00000210. The molecule has 2 fully saturated rings. The van der Waals surface area contributed by atoms with E-state index < -0.39 is 15.8 Å². The summed E-state index contributed by atoms with van der Waals surface area (Å²) < 4.78 is 34.3. The third kappa shape index (κ3) is 3.66. The topological polar surface area (TPSA) is 87.8 Å². The van der Waals surface area contributed by atoms with E-state index in [2.05, 4.69) is 10.2 Å². The lowest BCUT2D eigenvalue weighted by atomic mass is 10.2. The summed E-state index contributed by atoms with van der Waals surface area (Å²) in [5, 5.41) is 3.32. The summed E-state index contributed by atoms with van der Waals surface area (Å²) in [6, 6.07) is 4.96. The van der Waals surface area contributed by atoms with Gasteiger partial charge in [-0.05, 0) is 25.5 Å². The van der Waals surface area contributed by atoms with Gasteiger partial charge in [0.1, 0.15) is 0 Å². The van der Waals surface area contributed by atoms with Crippen LogP contribution in [0.3, 0.4) is 0 Å². The standard InChI is InChI=1S/C17H24N4O4S.ClH/c1-2-21-15-4-3-14(11-16(15)25-17(21)22)26(23,24)20-8-5-13(12-20)19-9-6-18-7-10-19;/h3-4,11,13,18H,2,5-10,12H2,1H3;1H. The summed E-state index contributed by atoms with van der Waals surface area (Å²) in [5.41, 5.74) is 0.937. The molecule has 8 nitrogen and oxygen atoms in total. The minimum Gasteiger partial charge on any atom is -0.408 e. The van der Waals surface area contributed by atoms with Crippen LogP contribution in [0.25, 0.3) is 11.1 Å². The Kier molecular flexibility index (Phi) is 5.97. The van der Waals surface area contributed by atoms with Crippen molar-refractivity contribution in [2.75, 3.05) is 39.3 Å². The van der Waals surface area contributed by atoms with E-state index in [1.54, 1.807) is 16.4 Å². The van der Waals surface area contributed by atoms with Gasteiger partial charge >= 0.3 is 5.76 Å². The number of piperazine rings is 1. The van der Waals surface area contributed by atoms with E-state index in [0.29, 0.717) is 30.7 Å². The second-order valence-electron chi connectivity index (χ2n) is 6.83. The van der Waals surface area contributed by atoms with Crippen molar-refractivity contribution in [1.29, 1.82) is 0 Å². The van der Waals surface area contributed by atoms with Crippen LogP contribution in [-0.4, -0.2) is 67.5 Å². The van der Waals surface area contributed by atoms with E-state index in [9.17, 15) is 13.2 Å². The van der Waals surface area contributed by atoms with Crippen molar-refractivity contribution in [3.8, 4) is 0 Å². The Morgan fingerprint density at radius 3 is 2.67 bits per heavy atom. The number of aromatic nitrogens is 1. The molecule has 0 bridgehead atoms. The van der Waals surface area contributed by atoms with Gasteiger partial charge in [-0.3, -0.25) is 9.47 Å². The molecule has 4 rings (SSSR count). The third-order valence-corrected chi connectivity index (χ3v) is 7.25. The second-order valence-corrected chi connectivity index (χ2v) is 8.77. The zero-order chi connectivity index (χ0) is 18.3. The molecule has 0 saturated carbocycles. The molecule has 0 aliphatic carbocycles.